The lowest BCUT2D eigenvalue weighted by Crippen LogP contribution is -2.40. The first-order valence-corrected chi connectivity index (χ1v) is 6.87. The SMILES string of the molecule is COCc1cc(C(=O)NCC(Oc2ccc(F)cc2)C(=O)O)no1. The van der Waals surface area contributed by atoms with Crippen LogP contribution >= 0.6 is 0 Å². The zero-order chi connectivity index (χ0) is 17.5. The van der Waals surface area contributed by atoms with Gasteiger partial charge in [-0.15, -0.1) is 0 Å². The molecule has 0 aliphatic heterocycles. The maximum absolute atomic E-state index is 12.8. The molecule has 0 bridgehead atoms. The molecule has 128 valence electrons. The average Bonchev–Trinajstić information content (AvgIpc) is 3.02. The molecule has 1 heterocycles. The summed E-state index contributed by atoms with van der Waals surface area (Å²) in [7, 11) is 1.46. The Balaban J connectivity index is 1.93. The lowest BCUT2D eigenvalue weighted by atomic mass is 10.3. The van der Waals surface area contributed by atoms with Crippen LogP contribution in [0.5, 0.6) is 5.75 Å². The second-order valence-corrected chi connectivity index (χ2v) is 4.72. The van der Waals surface area contributed by atoms with Crippen LogP contribution in [0.1, 0.15) is 16.2 Å². The number of nitrogens with zero attached hydrogens (tertiary/aromatic N) is 1. The van der Waals surface area contributed by atoms with E-state index in [9.17, 15) is 14.0 Å². The summed E-state index contributed by atoms with van der Waals surface area (Å²) in [6.07, 6.45) is -1.34. The van der Waals surface area contributed by atoms with E-state index in [2.05, 4.69) is 10.5 Å². The van der Waals surface area contributed by atoms with Crippen molar-refractivity contribution < 1.29 is 33.1 Å². The predicted octanol–water partition coefficient (Wildman–Crippen LogP) is 1.22. The van der Waals surface area contributed by atoms with Gasteiger partial charge in [-0.1, -0.05) is 5.16 Å². The molecule has 8 nitrogen and oxygen atoms in total. The number of halogens is 1. The van der Waals surface area contributed by atoms with Crippen molar-refractivity contribution in [3.05, 3.63) is 47.6 Å². The molecular formula is C15H15FN2O6. The molecule has 2 aromatic rings. The molecule has 2 rings (SSSR count). The van der Waals surface area contributed by atoms with Gasteiger partial charge in [-0.25, -0.2) is 9.18 Å². The van der Waals surface area contributed by atoms with Crippen LogP contribution in [0.2, 0.25) is 0 Å². The first-order chi connectivity index (χ1) is 11.5. The third-order valence-corrected chi connectivity index (χ3v) is 2.89. The standard InChI is InChI=1S/C15H15FN2O6/c1-22-8-11-6-12(18-24-11)14(19)17-7-13(15(20)21)23-10-4-2-9(16)3-5-10/h2-6,13H,7-8H2,1H3,(H,17,19)(H,20,21). The maximum atomic E-state index is 12.8. The number of hydrogen-bond acceptors (Lipinski definition) is 6. The van der Waals surface area contributed by atoms with Gasteiger partial charge in [0.1, 0.15) is 18.2 Å². The largest absolute Gasteiger partial charge is 0.478 e. The quantitative estimate of drug-likeness (QED) is 0.744. The second-order valence-electron chi connectivity index (χ2n) is 4.72. The molecule has 2 N–H and O–H groups in total. The van der Waals surface area contributed by atoms with Gasteiger partial charge < -0.3 is 24.4 Å². The van der Waals surface area contributed by atoms with E-state index in [1.165, 1.54) is 25.3 Å². The lowest BCUT2D eigenvalue weighted by Gasteiger charge is -2.15. The molecule has 1 atom stereocenters. The van der Waals surface area contributed by atoms with Crippen molar-refractivity contribution in [2.24, 2.45) is 0 Å². The fourth-order valence-electron chi connectivity index (χ4n) is 1.76. The fraction of sp³-hybridized carbons (Fsp3) is 0.267. The Morgan fingerprint density at radius 2 is 2.08 bits per heavy atom. The molecule has 1 aromatic heterocycles. The number of aromatic nitrogens is 1. The summed E-state index contributed by atoms with van der Waals surface area (Å²) >= 11 is 0. The predicted molar refractivity (Wildman–Crippen MR) is 78.0 cm³/mol. The van der Waals surface area contributed by atoms with Gasteiger partial charge in [0.15, 0.2) is 11.5 Å². The molecule has 9 heteroatoms. The molecule has 24 heavy (non-hydrogen) atoms. The Bertz CT molecular complexity index is 700. The molecular weight excluding hydrogens is 323 g/mol. The normalized spacial score (nSPS) is 11.8. The average molecular weight is 338 g/mol. The van der Waals surface area contributed by atoms with Crippen LogP contribution < -0.4 is 10.1 Å². The van der Waals surface area contributed by atoms with Gasteiger partial charge in [-0.05, 0) is 24.3 Å². The van der Waals surface area contributed by atoms with Crippen molar-refractivity contribution in [2.75, 3.05) is 13.7 Å². The monoisotopic (exact) mass is 338 g/mol. The minimum atomic E-state index is -1.34. The Morgan fingerprint density at radius 1 is 1.38 bits per heavy atom. The minimum Gasteiger partial charge on any atom is -0.478 e. The minimum absolute atomic E-state index is 0.00651. The van der Waals surface area contributed by atoms with Crippen molar-refractivity contribution in [1.29, 1.82) is 0 Å². The van der Waals surface area contributed by atoms with Crippen LogP contribution in [0.25, 0.3) is 0 Å². The van der Waals surface area contributed by atoms with Crippen LogP contribution in [0.4, 0.5) is 4.39 Å². The number of carboxylic acid groups (broad SMARTS) is 1. The summed E-state index contributed by atoms with van der Waals surface area (Å²) in [5.41, 5.74) is -0.00651. The number of ether oxygens (including phenoxy) is 2. The Kier molecular flexibility index (Phi) is 5.85. The van der Waals surface area contributed by atoms with E-state index in [0.717, 1.165) is 12.1 Å². The van der Waals surface area contributed by atoms with Gasteiger partial charge in [0.2, 0.25) is 6.10 Å². The molecule has 1 aromatic carbocycles. The highest BCUT2D eigenvalue weighted by Crippen LogP contribution is 2.13. The van der Waals surface area contributed by atoms with E-state index in [1.807, 2.05) is 0 Å². The molecule has 0 aliphatic rings. The van der Waals surface area contributed by atoms with E-state index in [4.69, 9.17) is 19.1 Å². The summed E-state index contributed by atoms with van der Waals surface area (Å²) in [6.45, 7) is -0.149. The fourth-order valence-corrected chi connectivity index (χ4v) is 1.76. The number of carbonyl (C=O) groups excluding carboxylic acids is 1. The number of benzene rings is 1. The van der Waals surface area contributed by atoms with Gasteiger partial charge >= 0.3 is 5.97 Å². The Morgan fingerprint density at radius 3 is 2.71 bits per heavy atom. The summed E-state index contributed by atoms with van der Waals surface area (Å²) < 4.78 is 27.7. The van der Waals surface area contributed by atoms with E-state index in [-0.39, 0.29) is 24.6 Å². The smallest absolute Gasteiger partial charge is 0.346 e. The van der Waals surface area contributed by atoms with Crippen LogP contribution in [0.3, 0.4) is 0 Å². The molecule has 0 spiro atoms. The van der Waals surface area contributed by atoms with E-state index >= 15 is 0 Å². The summed E-state index contributed by atoms with van der Waals surface area (Å²) in [5, 5.41) is 15.1. The Labute approximate surface area is 136 Å². The molecule has 0 fully saturated rings. The number of nitrogens with one attached hydrogen (secondary N) is 1. The number of amides is 1. The van der Waals surface area contributed by atoms with Crippen LogP contribution in [-0.2, 0) is 16.1 Å². The highest BCUT2D eigenvalue weighted by atomic mass is 19.1. The van der Waals surface area contributed by atoms with E-state index in [0.29, 0.717) is 5.76 Å². The van der Waals surface area contributed by atoms with Crippen molar-refractivity contribution >= 4 is 11.9 Å². The number of aliphatic carboxylic acids is 1. The number of rotatable bonds is 8. The Hall–Kier alpha value is -2.94. The van der Waals surface area contributed by atoms with Gasteiger partial charge in [0, 0.05) is 13.2 Å². The van der Waals surface area contributed by atoms with Gasteiger partial charge in [-0.3, -0.25) is 4.79 Å². The molecule has 0 saturated carbocycles. The first-order valence-electron chi connectivity index (χ1n) is 6.87. The molecule has 1 unspecified atom stereocenters. The third-order valence-electron chi connectivity index (χ3n) is 2.89. The van der Waals surface area contributed by atoms with Gasteiger partial charge in [0.25, 0.3) is 5.91 Å². The molecule has 0 radical (unpaired) electrons. The van der Waals surface area contributed by atoms with Gasteiger partial charge in [-0.2, -0.15) is 0 Å². The van der Waals surface area contributed by atoms with Crippen molar-refractivity contribution in [3.63, 3.8) is 0 Å². The molecule has 0 saturated heterocycles. The summed E-state index contributed by atoms with van der Waals surface area (Å²) in [4.78, 5) is 23.1. The lowest BCUT2D eigenvalue weighted by molar-refractivity contribution is -0.144. The number of methoxy groups -OCH3 is 1. The molecule has 0 aliphatic carbocycles. The van der Waals surface area contributed by atoms with Crippen molar-refractivity contribution in [3.8, 4) is 5.75 Å². The van der Waals surface area contributed by atoms with Crippen LogP contribution in [-0.4, -0.2) is 41.9 Å². The van der Waals surface area contributed by atoms with Crippen LogP contribution in [0, 0.1) is 5.82 Å². The molecule has 1 amide bonds. The van der Waals surface area contributed by atoms with Crippen molar-refractivity contribution in [1.82, 2.24) is 10.5 Å². The number of carbonyl (C=O) groups is 2. The third kappa shape index (κ3) is 4.78. The van der Waals surface area contributed by atoms with Gasteiger partial charge in [0.05, 0.1) is 6.54 Å². The van der Waals surface area contributed by atoms with E-state index < -0.39 is 23.8 Å². The van der Waals surface area contributed by atoms with Crippen LogP contribution in [0.15, 0.2) is 34.9 Å². The number of hydrogen-bond donors (Lipinski definition) is 2. The highest BCUT2D eigenvalue weighted by Gasteiger charge is 2.22. The summed E-state index contributed by atoms with van der Waals surface area (Å²) in [5.74, 6) is -1.84. The topological polar surface area (TPSA) is 111 Å². The summed E-state index contributed by atoms with van der Waals surface area (Å²) in [6, 6.07) is 6.25. The van der Waals surface area contributed by atoms with Crippen molar-refractivity contribution in [2.45, 2.75) is 12.7 Å². The zero-order valence-electron chi connectivity index (χ0n) is 12.7. The van der Waals surface area contributed by atoms with E-state index in [1.54, 1.807) is 0 Å². The first kappa shape index (κ1) is 17.4. The maximum Gasteiger partial charge on any atom is 0.346 e. The zero-order valence-corrected chi connectivity index (χ0v) is 12.7. The number of carboxylic acids is 1. The highest BCUT2D eigenvalue weighted by molar-refractivity contribution is 5.92. The second kappa shape index (κ2) is 8.06.